The summed E-state index contributed by atoms with van der Waals surface area (Å²) in [5.74, 6) is 1.71. The van der Waals surface area contributed by atoms with Crippen LogP contribution < -0.4 is 15.4 Å². The van der Waals surface area contributed by atoms with Gasteiger partial charge in [0.1, 0.15) is 17.2 Å². The van der Waals surface area contributed by atoms with Gasteiger partial charge in [-0.25, -0.2) is 4.98 Å². The fourth-order valence-corrected chi connectivity index (χ4v) is 4.05. The summed E-state index contributed by atoms with van der Waals surface area (Å²) < 4.78 is 5.92. The van der Waals surface area contributed by atoms with Crippen LogP contribution in [0.1, 0.15) is 36.2 Å². The van der Waals surface area contributed by atoms with E-state index >= 15 is 0 Å². The number of carbonyl (C=O) groups excluding carboxylic acids is 1. The van der Waals surface area contributed by atoms with Gasteiger partial charge < -0.3 is 20.4 Å². The van der Waals surface area contributed by atoms with E-state index in [2.05, 4.69) is 37.7 Å². The van der Waals surface area contributed by atoms with Crippen LogP contribution in [-0.2, 0) is 0 Å². The molecule has 0 aliphatic heterocycles. The van der Waals surface area contributed by atoms with Crippen molar-refractivity contribution >= 4 is 22.9 Å². The van der Waals surface area contributed by atoms with Crippen LogP contribution in [-0.4, -0.2) is 33.9 Å². The Hall–Kier alpha value is -3.61. The zero-order valence-electron chi connectivity index (χ0n) is 16.7. The highest BCUT2D eigenvalue weighted by atomic mass is 16.5. The number of hydrogen-bond acceptors (Lipinski definition) is 5. The van der Waals surface area contributed by atoms with Crippen LogP contribution in [0.2, 0.25) is 0 Å². The van der Waals surface area contributed by atoms with Crippen molar-refractivity contribution in [1.82, 2.24) is 20.3 Å². The lowest BCUT2D eigenvalue weighted by Gasteiger charge is -2.18. The van der Waals surface area contributed by atoms with Gasteiger partial charge in [0, 0.05) is 25.4 Å². The molecular weight excluding hydrogens is 378 g/mol. The molecule has 1 saturated carbocycles. The second-order valence-electron chi connectivity index (χ2n) is 7.58. The number of carbonyl (C=O) groups is 1. The molecule has 5 rings (SSSR count). The number of H-pyrrole nitrogens is 1. The van der Waals surface area contributed by atoms with E-state index in [0.717, 1.165) is 23.4 Å². The van der Waals surface area contributed by atoms with Crippen LogP contribution in [0, 0.1) is 0 Å². The van der Waals surface area contributed by atoms with Crippen molar-refractivity contribution in [1.29, 1.82) is 0 Å². The van der Waals surface area contributed by atoms with Gasteiger partial charge in [0.2, 0.25) is 5.95 Å². The van der Waals surface area contributed by atoms with Crippen molar-refractivity contribution in [3.05, 3.63) is 65.5 Å². The molecule has 1 amide bonds. The van der Waals surface area contributed by atoms with E-state index in [0.29, 0.717) is 17.2 Å². The largest absolute Gasteiger partial charge is 0.457 e. The fourth-order valence-electron chi connectivity index (χ4n) is 4.05. The number of fused-ring (bicyclic) bond motifs is 2. The second kappa shape index (κ2) is 7.67. The molecule has 2 aliphatic carbocycles. The Labute approximate surface area is 174 Å². The number of aromatic amines is 1. The smallest absolute Gasteiger partial charge is 0.269 e. The molecule has 0 bridgehead atoms. The highest BCUT2D eigenvalue weighted by Gasteiger charge is 2.20. The Kier molecular flexibility index (Phi) is 4.71. The normalized spacial score (nSPS) is 17.8. The number of nitrogens with zero attached hydrogens (tertiary/aromatic N) is 2. The van der Waals surface area contributed by atoms with E-state index in [9.17, 15) is 4.79 Å². The predicted molar refractivity (Wildman–Crippen MR) is 116 cm³/mol. The Morgan fingerprint density at radius 3 is 2.93 bits per heavy atom. The minimum atomic E-state index is -0.252. The molecule has 1 unspecified atom stereocenters. The van der Waals surface area contributed by atoms with Crippen LogP contribution in [0.3, 0.4) is 0 Å². The SMILES string of the molecule is CNC(=O)c1cc(Oc2ccc3nc(NC4C=C5CCCC5=CC4)[nH]c3c2)ccn1. The predicted octanol–water partition coefficient (Wildman–Crippen LogP) is 4.33. The average Bonchev–Trinajstić information content (AvgIpc) is 3.39. The van der Waals surface area contributed by atoms with Crippen LogP contribution in [0.15, 0.2) is 59.8 Å². The summed E-state index contributed by atoms with van der Waals surface area (Å²) in [6.45, 7) is 0. The number of ether oxygens (including phenoxy) is 1. The molecule has 3 aromatic rings. The topological polar surface area (TPSA) is 91.9 Å². The van der Waals surface area contributed by atoms with Gasteiger partial charge >= 0.3 is 0 Å². The van der Waals surface area contributed by atoms with Gasteiger partial charge in [-0.1, -0.05) is 12.2 Å². The van der Waals surface area contributed by atoms with E-state index in [1.165, 1.54) is 30.4 Å². The molecule has 0 radical (unpaired) electrons. The zero-order valence-corrected chi connectivity index (χ0v) is 16.7. The standard InChI is InChI=1S/C23H23N5O2/c1-24-22(29)21-13-18(9-10-25-21)30-17-7-8-19-20(12-17)28-23(27-19)26-16-6-5-14-3-2-4-15(14)11-16/h5,7-13,16H,2-4,6H2,1H3,(H,24,29)(H2,26,27,28). The molecule has 7 nitrogen and oxygen atoms in total. The average molecular weight is 401 g/mol. The monoisotopic (exact) mass is 401 g/mol. The van der Waals surface area contributed by atoms with Crippen molar-refractivity contribution in [2.75, 3.05) is 12.4 Å². The summed E-state index contributed by atoms with van der Waals surface area (Å²) in [5.41, 5.74) is 5.07. The van der Waals surface area contributed by atoms with Crippen molar-refractivity contribution in [3.8, 4) is 11.5 Å². The summed E-state index contributed by atoms with van der Waals surface area (Å²) in [4.78, 5) is 23.8. The van der Waals surface area contributed by atoms with E-state index in [1.807, 2.05) is 18.2 Å². The number of aromatic nitrogens is 3. The van der Waals surface area contributed by atoms with Gasteiger partial charge in [0.15, 0.2) is 0 Å². The van der Waals surface area contributed by atoms with Crippen LogP contribution in [0.5, 0.6) is 11.5 Å². The molecule has 30 heavy (non-hydrogen) atoms. The number of benzene rings is 1. The molecule has 2 heterocycles. The van der Waals surface area contributed by atoms with Gasteiger partial charge in [-0.05, 0) is 55.0 Å². The number of imidazole rings is 1. The lowest BCUT2D eigenvalue weighted by molar-refractivity contribution is 0.0958. The number of pyridine rings is 1. The Bertz CT molecular complexity index is 1180. The van der Waals surface area contributed by atoms with Gasteiger partial charge in [0.25, 0.3) is 5.91 Å². The molecule has 1 atom stereocenters. The third-order valence-corrected chi connectivity index (χ3v) is 5.53. The molecule has 3 N–H and O–H groups in total. The molecule has 1 fully saturated rings. The summed E-state index contributed by atoms with van der Waals surface area (Å²) in [6.07, 6.45) is 10.9. The number of nitrogens with one attached hydrogen (secondary N) is 3. The van der Waals surface area contributed by atoms with E-state index in [1.54, 1.807) is 25.4 Å². The Balaban J connectivity index is 1.32. The highest BCUT2D eigenvalue weighted by molar-refractivity contribution is 5.92. The van der Waals surface area contributed by atoms with Crippen molar-refractivity contribution < 1.29 is 9.53 Å². The molecule has 1 aromatic carbocycles. The minimum absolute atomic E-state index is 0.252. The Morgan fingerprint density at radius 2 is 2.03 bits per heavy atom. The molecule has 2 aliphatic rings. The van der Waals surface area contributed by atoms with E-state index in [-0.39, 0.29) is 11.9 Å². The number of rotatable bonds is 5. The molecular formula is C23H23N5O2. The van der Waals surface area contributed by atoms with Gasteiger partial charge in [-0.3, -0.25) is 9.78 Å². The van der Waals surface area contributed by atoms with Crippen LogP contribution in [0.25, 0.3) is 11.0 Å². The lowest BCUT2D eigenvalue weighted by atomic mass is 9.97. The summed E-state index contributed by atoms with van der Waals surface area (Å²) in [5, 5.41) is 6.06. The van der Waals surface area contributed by atoms with Crippen molar-refractivity contribution in [3.63, 3.8) is 0 Å². The zero-order chi connectivity index (χ0) is 20.5. The molecule has 0 spiro atoms. The first-order valence-electron chi connectivity index (χ1n) is 10.2. The van der Waals surface area contributed by atoms with E-state index in [4.69, 9.17) is 4.74 Å². The molecule has 2 aromatic heterocycles. The summed E-state index contributed by atoms with van der Waals surface area (Å²) >= 11 is 0. The van der Waals surface area contributed by atoms with Crippen molar-refractivity contribution in [2.24, 2.45) is 0 Å². The van der Waals surface area contributed by atoms with Gasteiger partial charge in [-0.2, -0.15) is 0 Å². The Morgan fingerprint density at radius 1 is 1.17 bits per heavy atom. The maximum Gasteiger partial charge on any atom is 0.269 e. The van der Waals surface area contributed by atoms with Crippen molar-refractivity contribution in [2.45, 2.75) is 31.7 Å². The molecule has 7 heteroatoms. The quantitative estimate of drug-likeness (QED) is 0.592. The third kappa shape index (κ3) is 3.66. The molecule has 152 valence electrons. The first-order chi connectivity index (χ1) is 14.7. The molecule has 0 saturated heterocycles. The second-order valence-corrected chi connectivity index (χ2v) is 7.58. The van der Waals surface area contributed by atoms with Gasteiger partial charge in [0.05, 0.1) is 17.1 Å². The van der Waals surface area contributed by atoms with Crippen LogP contribution >= 0.6 is 0 Å². The maximum atomic E-state index is 11.8. The number of anilines is 1. The summed E-state index contributed by atoms with van der Waals surface area (Å²) in [6, 6.07) is 9.28. The number of hydrogen-bond donors (Lipinski definition) is 3. The van der Waals surface area contributed by atoms with E-state index < -0.39 is 0 Å². The number of allylic oxidation sites excluding steroid dienone is 2. The third-order valence-electron chi connectivity index (χ3n) is 5.53. The number of amides is 1. The first kappa shape index (κ1) is 18.4. The highest BCUT2D eigenvalue weighted by Crippen LogP contribution is 2.34. The fraction of sp³-hybridized carbons (Fsp3) is 0.261. The maximum absolute atomic E-state index is 11.8. The lowest BCUT2D eigenvalue weighted by Crippen LogP contribution is -2.19. The minimum Gasteiger partial charge on any atom is -0.457 e. The first-order valence-corrected chi connectivity index (χ1v) is 10.2. The summed E-state index contributed by atoms with van der Waals surface area (Å²) in [7, 11) is 1.57. The van der Waals surface area contributed by atoms with Crippen LogP contribution in [0.4, 0.5) is 5.95 Å². The van der Waals surface area contributed by atoms with Gasteiger partial charge in [-0.15, -0.1) is 0 Å².